The summed E-state index contributed by atoms with van der Waals surface area (Å²) < 4.78 is 16.7. The van der Waals surface area contributed by atoms with Crippen molar-refractivity contribution in [2.24, 2.45) is 0 Å². The van der Waals surface area contributed by atoms with E-state index in [0.29, 0.717) is 30.4 Å². The Hall–Kier alpha value is -3.21. The number of rotatable bonds is 5. The Balaban J connectivity index is 1.70. The Bertz CT molecular complexity index is 990. The van der Waals surface area contributed by atoms with E-state index in [9.17, 15) is 4.79 Å². The van der Waals surface area contributed by atoms with Crippen LogP contribution in [0.4, 0.5) is 0 Å². The lowest BCUT2D eigenvalue weighted by Gasteiger charge is -2.19. The molecule has 0 N–H and O–H groups in total. The summed E-state index contributed by atoms with van der Waals surface area (Å²) in [5, 5.41) is 0.954. The number of aryl methyl sites for hydroxylation is 2. The Labute approximate surface area is 150 Å². The van der Waals surface area contributed by atoms with Crippen molar-refractivity contribution in [3.63, 3.8) is 0 Å². The van der Waals surface area contributed by atoms with Gasteiger partial charge in [-0.25, -0.2) is 0 Å². The lowest BCUT2D eigenvalue weighted by atomic mass is 10.1. The van der Waals surface area contributed by atoms with Crippen molar-refractivity contribution in [3.05, 3.63) is 83.4 Å². The van der Waals surface area contributed by atoms with E-state index >= 15 is 0 Å². The number of hydrogen-bond acceptors (Lipinski definition) is 4. The highest BCUT2D eigenvalue weighted by Gasteiger charge is 2.25. The second-order valence-electron chi connectivity index (χ2n) is 6.38. The van der Waals surface area contributed by atoms with Crippen molar-refractivity contribution >= 4 is 16.9 Å². The standard InChI is InChI=1S/C21H19NO4/c1-14-7-8-18-15(2)20(26-19(18)11-14)21(23)22(12-16-5-3-9-24-16)13-17-6-4-10-25-17/h3-11H,12-13H2,1-2H3. The van der Waals surface area contributed by atoms with E-state index in [1.165, 1.54) is 0 Å². The SMILES string of the molecule is Cc1ccc2c(C)c(C(=O)N(Cc3ccco3)Cc3ccco3)oc2c1. The first-order valence-electron chi connectivity index (χ1n) is 8.45. The van der Waals surface area contributed by atoms with Gasteiger partial charge in [0.1, 0.15) is 17.1 Å². The Morgan fingerprint density at radius 2 is 1.62 bits per heavy atom. The van der Waals surface area contributed by atoms with Gasteiger partial charge < -0.3 is 18.2 Å². The van der Waals surface area contributed by atoms with Crippen LogP contribution < -0.4 is 0 Å². The average molecular weight is 349 g/mol. The molecule has 1 amide bonds. The molecular formula is C21H19NO4. The number of benzene rings is 1. The summed E-state index contributed by atoms with van der Waals surface area (Å²) in [6.45, 7) is 4.58. The van der Waals surface area contributed by atoms with E-state index in [1.807, 2.05) is 44.2 Å². The van der Waals surface area contributed by atoms with Gasteiger partial charge in [0.25, 0.3) is 5.91 Å². The number of carbonyl (C=O) groups excluding carboxylic acids is 1. The van der Waals surface area contributed by atoms with Crippen LogP contribution in [0.5, 0.6) is 0 Å². The van der Waals surface area contributed by atoms with Gasteiger partial charge in [-0.15, -0.1) is 0 Å². The number of amides is 1. The lowest BCUT2D eigenvalue weighted by molar-refractivity contribution is 0.0674. The van der Waals surface area contributed by atoms with Crippen LogP contribution in [-0.4, -0.2) is 10.8 Å². The molecule has 0 aliphatic carbocycles. The number of carbonyl (C=O) groups is 1. The molecule has 0 saturated heterocycles. The molecule has 5 heteroatoms. The maximum atomic E-state index is 13.2. The third kappa shape index (κ3) is 3.04. The number of nitrogens with zero attached hydrogens (tertiary/aromatic N) is 1. The smallest absolute Gasteiger partial charge is 0.290 e. The van der Waals surface area contributed by atoms with Crippen LogP contribution in [0.3, 0.4) is 0 Å². The highest BCUT2D eigenvalue weighted by atomic mass is 16.4. The summed E-state index contributed by atoms with van der Waals surface area (Å²) in [6.07, 6.45) is 3.19. The van der Waals surface area contributed by atoms with Gasteiger partial charge in [-0.05, 0) is 49.7 Å². The Morgan fingerprint density at radius 3 is 2.19 bits per heavy atom. The van der Waals surface area contributed by atoms with E-state index in [2.05, 4.69) is 0 Å². The second-order valence-corrected chi connectivity index (χ2v) is 6.38. The van der Waals surface area contributed by atoms with Crippen molar-refractivity contribution < 1.29 is 18.0 Å². The molecule has 0 radical (unpaired) electrons. The minimum Gasteiger partial charge on any atom is -0.467 e. The van der Waals surface area contributed by atoms with Crippen LogP contribution >= 0.6 is 0 Å². The minimum atomic E-state index is -0.191. The molecule has 0 aliphatic heterocycles. The normalized spacial score (nSPS) is 11.2. The minimum absolute atomic E-state index is 0.191. The fraction of sp³-hybridized carbons (Fsp3) is 0.190. The highest BCUT2D eigenvalue weighted by molar-refractivity contribution is 5.99. The van der Waals surface area contributed by atoms with Crippen LogP contribution in [0.25, 0.3) is 11.0 Å². The molecule has 0 unspecified atom stereocenters. The van der Waals surface area contributed by atoms with E-state index in [0.717, 1.165) is 22.1 Å². The van der Waals surface area contributed by atoms with Crippen molar-refractivity contribution in [2.45, 2.75) is 26.9 Å². The summed E-state index contributed by atoms with van der Waals surface area (Å²) in [5.74, 6) is 1.57. The molecule has 4 rings (SSSR count). The van der Waals surface area contributed by atoms with E-state index in [-0.39, 0.29) is 5.91 Å². The van der Waals surface area contributed by atoms with E-state index < -0.39 is 0 Å². The monoisotopic (exact) mass is 349 g/mol. The average Bonchev–Trinajstić information content (AvgIpc) is 3.36. The molecule has 4 aromatic rings. The third-order valence-electron chi connectivity index (χ3n) is 4.43. The molecule has 1 aromatic carbocycles. The van der Waals surface area contributed by atoms with Crippen LogP contribution in [0, 0.1) is 13.8 Å². The van der Waals surface area contributed by atoms with Crippen molar-refractivity contribution in [1.29, 1.82) is 0 Å². The first-order valence-corrected chi connectivity index (χ1v) is 8.45. The predicted molar refractivity (Wildman–Crippen MR) is 96.7 cm³/mol. The Kier molecular flexibility index (Phi) is 4.13. The predicted octanol–water partition coefficient (Wildman–Crippen LogP) is 5.08. The zero-order valence-corrected chi connectivity index (χ0v) is 14.7. The fourth-order valence-corrected chi connectivity index (χ4v) is 3.06. The van der Waals surface area contributed by atoms with E-state index in [4.69, 9.17) is 13.3 Å². The third-order valence-corrected chi connectivity index (χ3v) is 4.43. The topological polar surface area (TPSA) is 59.7 Å². The van der Waals surface area contributed by atoms with Gasteiger partial charge in [0.2, 0.25) is 0 Å². The van der Waals surface area contributed by atoms with Crippen LogP contribution in [0.1, 0.15) is 33.2 Å². The van der Waals surface area contributed by atoms with Crippen LogP contribution in [0.15, 0.2) is 68.2 Å². The summed E-state index contributed by atoms with van der Waals surface area (Å²) in [6, 6.07) is 13.3. The zero-order chi connectivity index (χ0) is 18.1. The van der Waals surface area contributed by atoms with Crippen LogP contribution in [0.2, 0.25) is 0 Å². The van der Waals surface area contributed by atoms with Gasteiger partial charge in [-0.3, -0.25) is 4.79 Å². The van der Waals surface area contributed by atoms with Crippen molar-refractivity contribution in [2.75, 3.05) is 0 Å². The van der Waals surface area contributed by atoms with Gasteiger partial charge in [-0.2, -0.15) is 0 Å². The molecule has 0 atom stereocenters. The first kappa shape index (κ1) is 16.3. The number of fused-ring (bicyclic) bond motifs is 1. The molecule has 0 bridgehead atoms. The number of hydrogen-bond donors (Lipinski definition) is 0. The maximum absolute atomic E-state index is 13.2. The van der Waals surface area contributed by atoms with Crippen molar-refractivity contribution in [1.82, 2.24) is 4.90 Å². The largest absolute Gasteiger partial charge is 0.467 e. The molecule has 26 heavy (non-hydrogen) atoms. The van der Waals surface area contributed by atoms with Gasteiger partial charge >= 0.3 is 0 Å². The second kappa shape index (κ2) is 6.59. The highest BCUT2D eigenvalue weighted by Crippen LogP contribution is 2.28. The Morgan fingerprint density at radius 1 is 0.962 bits per heavy atom. The molecule has 3 aromatic heterocycles. The maximum Gasteiger partial charge on any atom is 0.290 e. The summed E-state index contributed by atoms with van der Waals surface area (Å²) in [5.41, 5.74) is 2.66. The zero-order valence-electron chi connectivity index (χ0n) is 14.7. The lowest BCUT2D eigenvalue weighted by Crippen LogP contribution is -2.30. The van der Waals surface area contributed by atoms with Gasteiger partial charge in [0.15, 0.2) is 5.76 Å². The molecule has 0 spiro atoms. The summed E-state index contributed by atoms with van der Waals surface area (Å²) >= 11 is 0. The molecule has 132 valence electrons. The quantitative estimate of drug-likeness (QED) is 0.504. The number of furan rings is 3. The molecule has 5 nitrogen and oxygen atoms in total. The molecule has 3 heterocycles. The molecule has 0 aliphatic rings. The molecule has 0 fully saturated rings. The summed E-state index contributed by atoms with van der Waals surface area (Å²) in [7, 11) is 0. The summed E-state index contributed by atoms with van der Waals surface area (Å²) in [4.78, 5) is 14.9. The van der Waals surface area contributed by atoms with Crippen molar-refractivity contribution in [3.8, 4) is 0 Å². The van der Waals surface area contributed by atoms with Gasteiger partial charge in [0, 0.05) is 10.9 Å². The fourth-order valence-electron chi connectivity index (χ4n) is 3.06. The van der Waals surface area contributed by atoms with Gasteiger partial charge in [0.05, 0.1) is 25.6 Å². The van der Waals surface area contributed by atoms with E-state index in [1.54, 1.807) is 29.6 Å². The molecular weight excluding hydrogens is 330 g/mol. The van der Waals surface area contributed by atoms with Gasteiger partial charge in [-0.1, -0.05) is 12.1 Å². The first-order chi connectivity index (χ1) is 12.6. The van der Waals surface area contributed by atoms with Crippen LogP contribution in [-0.2, 0) is 13.1 Å². The molecule has 0 saturated carbocycles.